The SMILES string of the molecule is COC(=O)C1(Nc2cccc(N)c2)CCN(C(=O)OC(C)(C)C)CC1. The third-order valence-corrected chi connectivity index (χ3v) is 4.12. The number of nitrogens with zero attached hydrogens (tertiary/aromatic N) is 1. The summed E-state index contributed by atoms with van der Waals surface area (Å²) in [7, 11) is 1.37. The van der Waals surface area contributed by atoms with E-state index in [1.807, 2.05) is 32.9 Å². The Balaban J connectivity index is 2.11. The standard InChI is InChI=1S/C18H27N3O4/c1-17(2,3)25-16(23)21-10-8-18(9-11-21,15(22)24-4)20-14-7-5-6-13(19)12-14/h5-7,12,20H,8-11,19H2,1-4H3. The van der Waals surface area contributed by atoms with E-state index in [1.165, 1.54) is 7.11 Å². The Bertz CT molecular complexity index is 631. The van der Waals surface area contributed by atoms with Crippen LogP contribution in [0, 0.1) is 0 Å². The second-order valence-corrected chi connectivity index (χ2v) is 7.29. The van der Waals surface area contributed by atoms with Gasteiger partial charge in [0.15, 0.2) is 0 Å². The summed E-state index contributed by atoms with van der Waals surface area (Å²) in [6.07, 6.45) is 0.483. The summed E-state index contributed by atoms with van der Waals surface area (Å²) < 4.78 is 10.4. The topological polar surface area (TPSA) is 93.9 Å². The molecule has 1 aliphatic rings. The van der Waals surface area contributed by atoms with Crippen molar-refractivity contribution in [3.63, 3.8) is 0 Å². The number of amides is 1. The van der Waals surface area contributed by atoms with Crippen molar-refractivity contribution in [2.24, 2.45) is 0 Å². The molecule has 2 rings (SSSR count). The number of likely N-dealkylation sites (tertiary alicyclic amines) is 1. The number of carbonyl (C=O) groups excluding carboxylic acids is 2. The van der Waals surface area contributed by atoms with Gasteiger partial charge in [0.05, 0.1) is 7.11 Å². The fourth-order valence-electron chi connectivity index (χ4n) is 2.87. The van der Waals surface area contributed by atoms with Crippen molar-refractivity contribution < 1.29 is 19.1 Å². The van der Waals surface area contributed by atoms with Gasteiger partial charge >= 0.3 is 12.1 Å². The summed E-state index contributed by atoms with van der Waals surface area (Å²) in [6.45, 7) is 6.29. The number of esters is 1. The lowest BCUT2D eigenvalue weighted by Gasteiger charge is -2.40. The maximum absolute atomic E-state index is 12.4. The minimum atomic E-state index is -0.888. The second-order valence-electron chi connectivity index (χ2n) is 7.29. The number of carbonyl (C=O) groups is 2. The van der Waals surface area contributed by atoms with Crippen molar-refractivity contribution in [1.82, 2.24) is 4.90 Å². The fourth-order valence-corrected chi connectivity index (χ4v) is 2.87. The number of hydrogen-bond acceptors (Lipinski definition) is 6. The van der Waals surface area contributed by atoms with Crippen molar-refractivity contribution in [2.75, 3.05) is 31.2 Å². The fraction of sp³-hybridized carbons (Fsp3) is 0.556. The molecule has 7 nitrogen and oxygen atoms in total. The molecule has 0 bridgehead atoms. The van der Waals surface area contributed by atoms with Crippen LogP contribution in [0.3, 0.4) is 0 Å². The summed E-state index contributed by atoms with van der Waals surface area (Å²) in [5.41, 5.74) is 5.73. The maximum Gasteiger partial charge on any atom is 0.410 e. The smallest absolute Gasteiger partial charge is 0.410 e. The molecule has 0 radical (unpaired) electrons. The van der Waals surface area contributed by atoms with Crippen molar-refractivity contribution in [3.05, 3.63) is 24.3 Å². The molecular formula is C18H27N3O4. The number of piperidine rings is 1. The summed E-state index contributed by atoms with van der Waals surface area (Å²) >= 11 is 0. The van der Waals surface area contributed by atoms with Crippen LogP contribution in [0.15, 0.2) is 24.3 Å². The molecular weight excluding hydrogens is 322 g/mol. The summed E-state index contributed by atoms with van der Waals surface area (Å²) in [6, 6.07) is 7.21. The van der Waals surface area contributed by atoms with E-state index in [-0.39, 0.29) is 12.1 Å². The molecule has 1 aromatic carbocycles. The highest BCUT2D eigenvalue weighted by molar-refractivity contribution is 5.85. The van der Waals surface area contributed by atoms with E-state index in [9.17, 15) is 9.59 Å². The lowest BCUT2D eigenvalue weighted by molar-refractivity contribution is -0.147. The number of hydrogen-bond donors (Lipinski definition) is 2. The lowest BCUT2D eigenvalue weighted by Crippen LogP contribution is -2.56. The van der Waals surface area contributed by atoms with Gasteiger partial charge in [-0.05, 0) is 51.8 Å². The van der Waals surface area contributed by atoms with Crippen molar-refractivity contribution in [1.29, 1.82) is 0 Å². The van der Waals surface area contributed by atoms with E-state index in [2.05, 4.69) is 5.32 Å². The number of nitrogens with two attached hydrogens (primary N) is 1. The van der Waals surface area contributed by atoms with Crippen molar-refractivity contribution in [2.45, 2.75) is 44.8 Å². The number of methoxy groups -OCH3 is 1. The normalized spacial score (nSPS) is 16.9. The number of ether oxygens (including phenoxy) is 2. The van der Waals surface area contributed by atoms with Gasteiger partial charge in [-0.15, -0.1) is 0 Å². The molecule has 0 unspecified atom stereocenters. The third-order valence-electron chi connectivity index (χ3n) is 4.12. The molecule has 7 heteroatoms. The van der Waals surface area contributed by atoms with E-state index in [1.54, 1.807) is 17.0 Å². The average Bonchev–Trinajstić information content (AvgIpc) is 2.53. The third kappa shape index (κ3) is 4.78. The molecule has 1 aliphatic heterocycles. The Morgan fingerprint density at radius 3 is 2.40 bits per heavy atom. The largest absolute Gasteiger partial charge is 0.467 e. The first-order chi connectivity index (χ1) is 11.6. The molecule has 25 heavy (non-hydrogen) atoms. The van der Waals surface area contributed by atoms with Crippen LogP contribution in [0.1, 0.15) is 33.6 Å². The first-order valence-corrected chi connectivity index (χ1v) is 8.35. The second kappa shape index (κ2) is 7.21. The van der Waals surface area contributed by atoms with Gasteiger partial charge in [0.2, 0.25) is 0 Å². The molecule has 0 saturated carbocycles. The predicted molar refractivity (Wildman–Crippen MR) is 96.3 cm³/mol. The van der Waals surface area contributed by atoms with Crippen LogP contribution in [0.4, 0.5) is 16.2 Å². The molecule has 1 heterocycles. The van der Waals surface area contributed by atoms with Crippen LogP contribution in [0.5, 0.6) is 0 Å². The molecule has 1 fully saturated rings. The molecule has 138 valence electrons. The van der Waals surface area contributed by atoms with Crippen molar-refractivity contribution >= 4 is 23.4 Å². The first-order valence-electron chi connectivity index (χ1n) is 8.35. The van der Waals surface area contributed by atoms with E-state index >= 15 is 0 Å². The quantitative estimate of drug-likeness (QED) is 0.643. The summed E-state index contributed by atoms with van der Waals surface area (Å²) in [5.74, 6) is -0.348. The maximum atomic E-state index is 12.4. The highest BCUT2D eigenvalue weighted by Crippen LogP contribution is 2.30. The highest BCUT2D eigenvalue weighted by Gasteiger charge is 2.44. The highest BCUT2D eigenvalue weighted by atomic mass is 16.6. The van der Waals surface area contributed by atoms with Gasteiger partial charge in [0, 0.05) is 24.5 Å². The van der Waals surface area contributed by atoms with Gasteiger partial charge in [-0.1, -0.05) is 6.07 Å². The Morgan fingerprint density at radius 2 is 1.88 bits per heavy atom. The molecule has 1 aromatic rings. The number of anilines is 2. The minimum absolute atomic E-state index is 0.348. The Morgan fingerprint density at radius 1 is 1.24 bits per heavy atom. The zero-order valence-electron chi connectivity index (χ0n) is 15.3. The van der Waals surface area contributed by atoms with Gasteiger partial charge in [0.1, 0.15) is 11.1 Å². The van der Waals surface area contributed by atoms with E-state index < -0.39 is 11.1 Å². The first kappa shape index (κ1) is 18.9. The van der Waals surface area contributed by atoms with Crippen LogP contribution in [0.2, 0.25) is 0 Å². The van der Waals surface area contributed by atoms with Crippen LogP contribution < -0.4 is 11.1 Å². The monoisotopic (exact) mass is 349 g/mol. The van der Waals surface area contributed by atoms with Crippen LogP contribution in [-0.4, -0.2) is 48.3 Å². The molecule has 0 aliphatic carbocycles. The molecule has 0 atom stereocenters. The van der Waals surface area contributed by atoms with Gasteiger partial charge in [-0.25, -0.2) is 9.59 Å². The molecule has 0 spiro atoms. The molecule has 1 amide bonds. The minimum Gasteiger partial charge on any atom is -0.467 e. The summed E-state index contributed by atoms with van der Waals surface area (Å²) in [5, 5.41) is 3.26. The Kier molecular flexibility index (Phi) is 5.45. The number of benzene rings is 1. The zero-order chi connectivity index (χ0) is 18.7. The Labute approximate surface area is 148 Å². The van der Waals surface area contributed by atoms with Gasteiger partial charge < -0.3 is 25.4 Å². The van der Waals surface area contributed by atoms with Crippen LogP contribution >= 0.6 is 0 Å². The summed E-state index contributed by atoms with van der Waals surface area (Å²) in [4.78, 5) is 26.3. The average molecular weight is 349 g/mol. The molecule has 0 aromatic heterocycles. The van der Waals surface area contributed by atoms with Gasteiger partial charge in [0.25, 0.3) is 0 Å². The van der Waals surface area contributed by atoms with Crippen LogP contribution in [0.25, 0.3) is 0 Å². The molecule has 3 N–H and O–H groups in total. The van der Waals surface area contributed by atoms with E-state index in [0.717, 1.165) is 5.69 Å². The van der Waals surface area contributed by atoms with E-state index in [0.29, 0.717) is 31.6 Å². The Hall–Kier alpha value is -2.44. The van der Waals surface area contributed by atoms with Crippen molar-refractivity contribution in [3.8, 4) is 0 Å². The number of rotatable bonds is 3. The number of nitrogen functional groups attached to an aromatic ring is 1. The number of nitrogens with one attached hydrogen (secondary N) is 1. The van der Waals surface area contributed by atoms with Crippen LogP contribution in [-0.2, 0) is 14.3 Å². The van der Waals surface area contributed by atoms with Gasteiger partial charge in [-0.3, -0.25) is 0 Å². The molecule has 1 saturated heterocycles. The van der Waals surface area contributed by atoms with E-state index in [4.69, 9.17) is 15.2 Å². The zero-order valence-corrected chi connectivity index (χ0v) is 15.3. The lowest BCUT2D eigenvalue weighted by atomic mass is 9.87. The van der Waals surface area contributed by atoms with Gasteiger partial charge in [-0.2, -0.15) is 0 Å². The predicted octanol–water partition coefficient (Wildman–Crippen LogP) is 2.62.